The van der Waals surface area contributed by atoms with E-state index >= 15 is 0 Å². The van der Waals surface area contributed by atoms with Crippen LogP contribution in [0.1, 0.15) is 44.4 Å². The van der Waals surface area contributed by atoms with Crippen LogP contribution in [0.5, 0.6) is 17.2 Å². The van der Waals surface area contributed by atoms with Crippen LogP contribution in [-0.2, 0) is 12.0 Å². The van der Waals surface area contributed by atoms with Crippen LogP contribution in [0.3, 0.4) is 0 Å². The molecule has 2 rings (SSSR count). The zero-order chi connectivity index (χ0) is 19.2. The SMILES string of the molecule is CCOc1cc(CN)ccc1OCCOc1c(C)cccc1C(C)(C)C. The van der Waals surface area contributed by atoms with E-state index in [2.05, 4.69) is 45.9 Å². The number of para-hydroxylation sites is 1. The summed E-state index contributed by atoms with van der Waals surface area (Å²) in [5.41, 5.74) is 9.10. The molecule has 0 saturated heterocycles. The van der Waals surface area contributed by atoms with Crippen molar-refractivity contribution in [3.05, 3.63) is 53.1 Å². The summed E-state index contributed by atoms with van der Waals surface area (Å²) in [5.74, 6) is 2.39. The van der Waals surface area contributed by atoms with Gasteiger partial charge in [0.15, 0.2) is 11.5 Å². The molecule has 142 valence electrons. The molecule has 0 aliphatic heterocycles. The molecule has 4 nitrogen and oxygen atoms in total. The van der Waals surface area contributed by atoms with Crippen LogP contribution in [0.25, 0.3) is 0 Å². The van der Waals surface area contributed by atoms with Crippen LogP contribution in [-0.4, -0.2) is 19.8 Å². The Morgan fingerprint density at radius 1 is 0.923 bits per heavy atom. The smallest absolute Gasteiger partial charge is 0.161 e. The Kier molecular flexibility index (Phi) is 6.92. The van der Waals surface area contributed by atoms with Crippen LogP contribution in [0.2, 0.25) is 0 Å². The average Bonchev–Trinajstić information content (AvgIpc) is 2.60. The highest BCUT2D eigenvalue weighted by Crippen LogP contribution is 2.34. The second-order valence-corrected chi connectivity index (χ2v) is 7.32. The van der Waals surface area contributed by atoms with Gasteiger partial charge in [0.05, 0.1) is 6.61 Å². The number of hydrogen-bond donors (Lipinski definition) is 1. The second kappa shape index (κ2) is 8.95. The van der Waals surface area contributed by atoms with Crippen molar-refractivity contribution in [2.75, 3.05) is 19.8 Å². The first-order valence-corrected chi connectivity index (χ1v) is 9.18. The fraction of sp³-hybridized carbons (Fsp3) is 0.455. The number of nitrogens with two attached hydrogens (primary N) is 1. The molecule has 0 aliphatic rings. The van der Waals surface area contributed by atoms with E-state index in [4.69, 9.17) is 19.9 Å². The Bertz CT molecular complexity index is 720. The van der Waals surface area contributed by atoms with Gasteiger partial charge in [-0.25, -0.2) is 0 Å². The fourth-order valence-corrected chi connectivity index (χ4v) is 2.80. The first-order chi connectivity index (χ1) is 12.4. The van der Waals surface area contributed by atoms with Crippen molar-refractivity contribution in [3.63, 3.8) is 0 Å². The van der Waals surface area contributed by atoms with E-state index in [1.54, 1.807) is 0 Å². The standard InChI is InChI=1S/C22H31NO3/c1-6-24-20-14-17(15-23)10-11-19(20)25-12-13-26-21-16(2)8-7-9-18(21)22(3,4)5/h7-11,14H,6,12-13,15,23H2,1-5H3. The molecular weight excluding hydrogens is 326 g/mol. The second-order valence-electron chi connectivity index (χ2n) is 7.32. The van der Waals surface area contributed by atoms with Gasteiger partial charge in [-0.1, -0.05) is 45.0 Å². The Balaban J connectivity index is 2.02. The van der Waals surface area contributed by atoms with E-state index < -0.39 is 0 Å². The van der Waals surface area contributed by atoms with Crippen LogP contribution in [0.4, 0.5) is 0 Å². The molecule has 0 radical (unpaired) electrons. The largest absolute Gasteiger partial charge is 0.490 e. The highest BCUT2D eigenvalue weighted by molar-refractivity contribution is 5.45. The molecule has 0 atom stereocenters. The molecule has 0 heterocycles. The molecule has 0 fully saturated rings. The summed E-state index contributed by atoms with van der Waals surface area (Å²) in [4.78, 5) is 0. The molecular formula is C22H31NO3. The van der Waals surface area contributed by atoms with Crippen molar-refractivity contribution >= 4 is 0 Å². The lowest BCUT2D eigenvalue weighted by atomic mass is 9.85. The molecule has 2 aromatic rings. The molecule has 2 aromatic carbocycles. The minimum Gasteiger partial charge on any atom is -0.490 e. The lowest BCUT2D eigenvalue weighted by Gasteiger charge is -2.24. The Morgan fingerprint density at radius 2 is 1.65 bits per heavy atom. The lowest BCUT2D eigenvalue weighted by molar-refractivity contribution is 0.205. The summed E-state index contributed by atoms with van der Waals surface area (Å²) in [6.45, 7) is 12.6. The molecule has 0 spiro atoms. The zero-order valence-corrected chi connectivity index (χ0v) is 16.6. The van der Waals surface area contributed by atoms with E-state index in [0.29, 0.717) is 32.1 Å². The number of hydrogen-bond acceptors (Lipinski definition) is 4. The number of benzene rings is 2. The Hall–Kier alpha value is -2.20. The molecule has 0 aromatic heterocycles. The summed E-state index contributed by atoms with van der Waals surface area (Å²) >= 11 is 0. The maximum absolute atomic E-state index is 6.08. The predicted molar refractivity (Wildman–Crippen MR) is 106 cm³/mol. The van der Waals surface area contributed by atoms with Crippen molar-refractivity contribution in [1.29, 1.82) is 0 Å². The van der Waals surface area contributed by atoms with Crippen molar-refractivity contribution in [2.45, 2.75) is 46.6 Å². The van der Waals surface area contributed by atoms with E-state index in [1.807, 2.05) is 25.1 Å². The van der Waals surface area contributed by atoms with Gasteiger partial charge in [0, 0.05) is 6.54 Å². The molecule has 0 unspecified atom stereocenters. The van der Waals surface area contributed by atoms with Gasteiger partial charge in [0.2, 0.25) is 0 Å². The molecule has 26 heavy (non-hydrogen) atoms. The van der Waals surface area contributed by atoms with E-state index in [0.717, 1.165) is 22.6 Å². The van der Waals surface area contributed by atoms with Crippen molar-refractivity contribution in [3.8, 4) is 17.2 Å². The quantitative estimate of drug-likeness (QED) is 0.701. The Labute approximate surface area is 157 Å². The molecule has 4 heteroatoms. The summed E-state index contributed by atoms with van der Waals surface area (Å²) < 4.78 is 17.6. The first-order valence-electron chi connectivity index (χ1n) is 9.18. The monoisotopic (exact) mass is 357 g/mol. The molecule has 0 aliphatic carbocycles. The summed E-state index contributed by atoms with van der Waals surface area (Å²) in [7, 11) is 0. The van der Waals surface area contributed by atoms with Gasteiger partial charge in [-0.3, -0.25) is 0 Å². The maximum atomic E-state index is 6.08. The third-order valence-electron chi connectivity index (χ3n) is 4.15. The molecule has 0 bridgehead atoms. The lowest BCUT2D eigenvalue weighted by Crippen LogP contribution is -2.17. The Morgan fingerprint density at radius 3 is 2.31 bits per heavy atom. The topological polar surface area (TPSA) is 53.7 Å². The highest BCUT2D eigenvalue weighted by atomic mass is 16.5. The third kappa shape index (κ3) is 5.15. The number of aryl methyl sites for hydroxylation is 1. The van der Waals surface area contributed by atoms with Gasteiger partial charge >= 0.3 is 0 Å². The molecule has 0 saturated carbocycles. The van der Waals surface area contributed by atoms with Crippen LogP contribution in [0.15, 0.2) is 36.4 Å². The number of ether oxygens (including phenoxy) is 3. The first kappa shape index (κ1) is 20.1. The normalized spacial score (nSPS) is 11.3. The number of rotatable bonds is 8. The molecule has 0 amide bonds. The average molecular weight is 357 g/mol. The van der Waals surface area contributed by atoms with Crippen molar-refractivity contribution in [1.82, 2.24) is 0 Å². The minimum absolute atomic E-state index is 0.0302. The summed E-state index contributed by atoms with van der Waals surface area (Å²) in [6, 6.07) is 12.1. The van der Waals surface area contributed by atoms with Gasteiger partial charge in [0.25, 0.3) is 0 Å². The van der Waals surface area contributed by atoms with Gasteiger partial charge in [-0.05, 0) is 48.1 Å². The zero-order valence-electron chi connectivity index (χ0n) is 16.6. The van der Waals surface area contributed by atoms with Gasteiger partial charge in [-0.15, -0.1) is 0 Å². The van der Waals surface area contributed by atoms with E-state index in [9.17, 15) is 0 Å². The van der Waals surface area contributed by atoms with Crippen LogP contribution >= 0.6 is 0 Å². The van der Waals surface area contributed by atoms with Gasteiger partial charge < -0.3 is 19.9 Å². The molecule has 2 N–H and O–H groups in total. The predicted octanol–water partition coefficient (Wildman–Crippen LogP) is 4.61. The highest BCUT2D eigenvalue weighted by Gasteiger charge is 2.20. The summed E-state index contributed by atoms with van der Waals surface area (Å²) in [6.07, 6.45) is 0. The van der Waals surface area contributed by atoms with E-state index in [1.165, 1.54) is 5.56 Å². The fourth-order valence-electron chi connectivity index (χ4n) is 2.80. The van der Waals surface area contributed by atoms with Crippen molar-refractivity contribution in [2.24, 2.45) is 5.73 Å². The van der Waals surface area contributed by atoms with Crippen LogP contribution in [0, 0.1) is 6.92 Å². The summed E-state index contributed by atoms with van der Waals surface area (Å²) in [5, 5.41) is 0. The third-order valence-corrected chi connectivity index (χ3v) is 4.15. The van der Waals surface area contributed by atoms with Crippen LogP contribution < -0.4 is 19.9 Å². The van der Waals surface area contributed by atoms with Gasteiger partial charge in [0.1, 0.15) is 19.0 Å². The van der Waals surface area contributed by atoms with Crippen molar-refractivity contribution < 1.29 is 14.2 Å². The maximum Gasteiger partial charge on any atom is 0.161 e. The van der Waals surface area contributed by atoms with Gasteiger partial charge in [-0.2, -0.15) is 0 Å². The van der Waals surface area contributed by atoms with E-state index in [-0.39, 0.29) is 5.41 Å². The minimum atomic E-state index is 0.0302.